The number of methoxy groups -OCH3 is 2. The van der Waals surface area contributed by atoms with E-state index in [0.29, 0.717) is 19.6 Å². The van der Waals surface area contributed by atoms with E-state index in [1.165, 1.54) is 0 Å². The number of ether oxygens (including phenoxy) is 4. The molecule has 0 spiro atoms. The van der Waals surface area contributed by atoms with Gasteiger partial charge in [0, 0.05) is 26.7 Å². The van der Waals surface area contributed by atoms with E-state index >= 15 is 0 Å². The van der Waals surface area contributed by atoms with Crippen molar-refractivity contribution < 1.29 is 33.0 Å². The third-order valence-corrected chi connectivity index (χ3v) is 9.85. The number of nitrogens with zero attached hydrogens (tertiary/aromatic N) is 1. The second kappa shape index (κ2) is 18.5. The quantitative estimate of drug-likeness (QED) is 0.0860. The Kier molecular flexibility index (Phi) is 15.0. The first-order valence-corrected chi connectivity index (χ1v) is 18.2. The molecule has 0 aliphatic carbocycles. The zero-order chi connectivity index (χ0) is 36.1. The van der Waals surface area contributed by atoms with Crippen molar-refractivity contribution in [1.29, 1.82) is 0 Å². The van der Waals surface area contributed by atoms with E-state index in [0.717, 1.165) is 16.7 Å². The van der Waals surface area contributed by atoms with Crippen LogP contribution in [-0.4, -0.2) is 72.0 Å². The van der Waals surface area contributed by atoms with E-state index in [2.05, 4.69) is 45.0 Å². The van der Waals surface area contributed by atoms with Gasteiger partial charge < -0.3 is 34.0 Å². The number of hydrogen-bond donors (Lipinski definition) is 1. The van der Waals surface area contributed by atoms with Crippen LogP contribution in [0.2, 0.25) is 5.04 Å². The lowest BCUT2D eigenvalue weighted by Gasteiger charge is -2.49. The average Bonchev–Trinajstić information content (AvgIpc) is 3.06. The van der Waals surface area contributed by atoms with Gasteiger partial charge in [-0.25, -0.2) is 4.79 Å². The molecule has 0 saturated carbocycles. The second-order valence-corrected chi connectivity index (χ2v) is 17.0. The maximum atomic E-state index is 14.9. The Morgan fingerprint density at radius 3 is 1.80 bits per heavy atom. The van der Waals surface area contributed by atoms with Crippen LogP contribution in [0.1, 0.15) is 71.1 Å². The zero-order valence-electron chi connectivity index (χ0n) is 30.5. The van der Waals surface area contributed by atoms with E-state index in [9.17, 15) is 9.59 Å². The predicted molar refractivity (Wildman–Crippen MR) is 196 cm³/mol. The van der Waals surface area contributed by atoms with Crippen LogP contribution in [0.4, 0.5) is 4.79 Å². The van der Waals surface area contributed by atoms with Gasteiger partial charge >= 0.3 is 6.09 Å². The van der Waals surface area contributed by atoms with Crippen molar-refractivity contribution in [2.24, 2.45) is 11.7 Å². The molecule has 0 radical (unpaired) electrons. The standard InChI is InChI=1S/C39H56N2O7Si/c1-29(26-38(5,6)47-36(40)43)35(42)41(27-34(44-7)45-8)33(24-25-46-28-30-18-12-9-13-19-30)39(48-49-37(2,3)4,31-20-14-10-15-21-31)32-22-16-11-17-23-32/h9-23,29,33-34H,24-28,49H2,1-8H3,(H2,40,43)/t29-,33-/m0/s1. The van der Waals surface area contributed by atoms with Crippen LogP contribution in [0.25, 0.3) is 0 Å². The van der Waals surface area contributed by atoms with Crippen molar-refractivity contribution in [2.75, 3.05) is 27.4 Å². The molecule has 9 nitrogen and oxygen atoms in total. The van der Waals surface area contributed by atoms with E-state index in [4.69, 9.17) is 29.1 Å². The molecule has 2 N–H and O–H groups in total. The smallest absolute Gasteiger partial charge is 0.405 e. The van der Waals surface area contributed by atoms with Gasteiger partial charge in [-0.15, -0.1) is 0 Å². The fourth-order valence-corrected chi connectivity index (χ4v) is 7.44. The number of primary amides is 1. The first kappa shape index (κ1) is 39.9. The molecule has 0 bridgehead atoms. The van der Waals surface area contributed by atoms with Crippen molar-refractivity contribution in [2.45, 2.75) is 89.6 Å². The summed E-state index contributed by atoms with van der Waals surface area (Å²) in [7, 11) is 1.90. The van der Waals surface area contributed by atoms with E-state index in [1.54, 1.807) is 28.1 Å². The van der Waals surface area contributed by atoms with Gasteiger partial charge in [0.05, 0.1) is 19.2 Å². The summed E-state index contributed by atoms with van der Waals surface area (Å²) in [5, 5.41) is -0.0664. The van der Waals surface area contributed by atoms with Crippen LogP contribution < -0.4 is 5.73 Å². The average molecular weight is 693 g/mol. The number of nitrogens with two attached hydrogens (primary N) is 1. The molecule has 49 heavy (non-hydrogen) atoms. The van der Waals surface area contributed by atoms with Crippen molar-refractivity contribution in [3.05, 3.63) is 108 Å². The molecule has 0 aliphatic heterocycles. The topological polar surface area (TPSA) is 110 Å². The lowest BCUT2D eigenvalue weighted by molar-refractivity contribution is -0.162. The summed E-state index contributed by atoms with van der Waals surface area (Å²) in [5.74, 6) is -0.730. The highest BCUT2D eigenvalue weighted by molar-refractivity contribution is 6.32. The molecule has 0 saturated heterocycles. The van der Waals surface area contributed by atoms with E-state index < -0.39 is 45.3 Å². The summed E-state index contributed by atoms with van der Waals surface area (Å²) in [6, 6.07) is 29.7. The molecule has 268 valence electrons. The summed E-state index contributed by atoms with van der Waals surface area (Å²) >= 11 is 0. The van der Waals surface area contributed by atoms with Gasteiger partial charge in [-0.05, 0) is 48.4 Å². The van der Waals surface area contributed by atoms with Crippen molar-refractivity contribution in [1.82, 2.24) is 4.90 Å². The number of carbonyl (C=O) groups is 2. The maximum Gasteiger partial charge on any atom is 0.405 e. The Bertz CT molecular complexity index is 1370. The molecule has 0 fully saturated rings. The highest BCUT2D eigenvalue weighted by Gasteiger charge is 2.49. The largest absolute Gasteiger partial charge is 0.444 e. The van der Waals surface area contributed by atoms with Gasteiger partial charge in [-0.1, -0.05) is 119 Å². The van der Waals surface area contributed by atoms with E-state index in [1.807, 2.05) is 78.6 Å². The summed E-state index contributed by atoms with van der Waals surface area (Å²) in [6.07, 6.45) is -0.923. The van der Waals surface area contributed by atoms with Crippen LogP contribution in [0.15, 0.2) is 91.0 Å². The minimum Gasteiger partial charge on any atom is -0.444 e. The van der Waals surface area contributed by atoms with Crippen molar-refractivity contribution >= 4 is 21.8 Å². The highest BCUT2D eigenvalue weighted by Crippen LogP contribution is 2.43. The normalized spacial score (nSPS) is 13.8. The molecule has 0 aromatic heterocycles. The first-order chi connectivity index (χ1) is 23.2. The summed E-state index contributed by atoms with van der Waals surface area (Å²) in [6.45, 7) is 12.8. The second-order valence-electron chi connectivity index (χ2n) is 14.3. The van der Waals surface area contributed by atoms with Gasteiger partial charge in [-0.2, -0.15) is 0 Å². The zero-order valence-corrected chi connectivity index (χ0v) is 31.9. The third kappa shape index (κ3) is 11.8. The minimum absolute atomic E-state index is 0.0664. The molecular weight excluding hydrogens is 637 g/mol. The lowest BCUT2D eigenvalue weighted by atomic mass is 9.77. The molecule has 3 rings (SSSR count). The number of benzene rings is 3. The highest BCUT2D eigenvalue weighted by atomic mass is 28.2. The minimum atomic E-state index is -1.22. The van der Waals surface area contributed by atoms with Crippen LogP contribution in [0.3, 0.4) is 0 Å². The van der Waals surface area contributed by atoms with Crippen molar-refractivity contribution in [3.63, 3.8) is 0 Å². The fourth-order valence-electron chi connectivity index (χ4n) is 6.25. The molecule has 3 aromatic rings. The molecule has 2 atom stereocenters. The van der Waals surface area contributed by atoms with Crippen LogP contribution in [-0.2, 0) is 40.4 Å². The molecular formula is C39H56N2O7Si. The Labute approximate surface area is 295 Å². The van der Waals surface area contributed by atoms with Crippen LogP contribution in [0, 0.1) is 5.92 Å². The summed E-state index contributed by atoms with van der Waals surface area (Å²) in [4.78, 5) is 28.5. The molecule has 10 heteroatoms. The fraction of sp³-hybridized carbons (Fsp3) is 0.487. The molecule has 3 aromatic carbocycles. The predicted octanol–water partition coefficient (Wildman–Crippen LogP) is 6.57. The van der Waals surface area contributed by atoms with E-state index in [-0.39, 0.29) is 23.9 Å². The maximum absolute atomic E-state index is 14.9. The van der Waals surface area contributed by atoms with Gasteiger partial charge in [0.25, 0.3) is 0 Å². The number of amides is 2. The Hall–Kier alpha value is -3.54. The molecule has 0 heterocycles. The number of hydrogen-bond acceptors (Lipinski definition) is 7. The first-order valence-electron chi connectivity index (χ1n) is 16.9. The Morgan fingerprint density at radius 2 is 1.33 bits per heavy atom. The third-order valence-electron chi connectivity index (χ3n) is 8.38. The number of carbonyl (C=O) groups excluding carboxylic acids is 2. The molecule has 0 unspecified atom stereocenters. The SMILES string of the molecule is COC(CN(C(=O)[C@@H](C)CC(C)(C)OC(N)=O)[C@@H](CCOCc1ccccc1)C(O[SiH2]C(C)(C)C)(c1ccccc1)c1ccccc1)OC. The monoisotopic (exact) mass is 692 g/mol. The Balaban J connectivity index is 2.25. The van der Waals surface area contributed by atoms with Crippen molar-refractivity contribution in [3.8, 4) is 0 Å². The van der Waals surface area contributed by atoms with Crippen LogP contribution >= 0.6 is 0 Å². The van der Waals surface area contributed by atoms with Crippen LogP contribution in [0.5, 0.6) is 0 Å². The van der Waals surface area contributed by atoms with Gasteiger partial charge in [0.2, 0.25) is 5.91 Å². The lowest BCUT2D eigenvalue weighted by Crippen LogP contribution is -2.59. The molecule has 0 aliphatic rings. The molecule has 2 amide bonds. The summed E-state index contributed by atoms with van der Waals surface area (Å²) < 4.78 is 30.5. The number of rotatable bonds is 19. The Morgan fingerprint density at radius 1 is 0.816 bits per heavy atom. The summed E-state index contributed by atoms with van der Waals surface area (Å²) in [5.41, 5.74) is 6.26. The van der Waals surface area contributed by atoms with Gasteiger partial charge in [0.15, 0.2) is 16.1 Å². The van der Waals surface area contributed by atoms with Gasteiger partial charge in [0.1, 0.15) is 11.2 Å². The van der Waals surface area contributed by atoms with Gasteiger partial charge in [-0.3, -0.25) is 4.79 Å².